The minimum atomic E-state index is -0.494. The summed E-state index contributed by atoms with van der Waals surface area (Å²) in [5, 5.41) is 0. The number of hydrogen-bond acceptors (Lipinski definition) is 3. The van der Waals surface area contributed by atoms with Gasteiger partial charge in [0.1, 0.15) is 12.0 Å². The molecule has 0 fully saturated rings. The lowest BCUT2D eigenvalue weighted by molar-refractivity contribution is 0.0993. The molecule has 1 rings (SSSR count). The van der Waals surface area contributed by atoms with Gasteiger partial charge in [0.25, 0.3) is 5.91 Å². The zero-order valence-corrected chi connectivity index (χ0v) is 5.53. The molecule has 0 unspecified atom stereocenters. The Bertz CT molecular complexity index is 242. The van der Waals surface area contributed by atoms with E-state index in [0.717, 1.165) is 0 Å². The fourth-order valence-electron chi connectivity index (χ4n) is 0.656. The van der Waals surface area contributed by atoms with Crippen molar-refractivity contribution in [2.75, 3.05) is 12.5 Å². The Morgan fingerprint density at radius 2 is 2.60 bits per heavy atom. The lowest BCUT2D eigenvalue weighted by Gasteiger charge is -2.01. The van der Waals surface area contributed by atoms with E-state index >= 15 is 0 Å². The number of amides is 1. The highest BCUT2D eigenvalue weighted by Gasteiger charge is 2.04. The van der Waals surface area contributed by atoms with E-state index in [1.165, 1.54) is 17.2 Å². The molecule has 0 aliphatic carbocycles. The third-order valence-electron chi connectivity index (χ3n) is 1.13. The summed E-state index contributed by atoms with van der Waals surface area (Å²) >= 11 is 0. The van der Waals surface area contributed by atoms with Crippen LogP contribution < -0.4 is 11.2 Å². The van der Waals surface area contributed by atoms with E-state index in [2.05, 4.69) is 10.4 Å². The summed E-state index contributed by atoms with van der Waals surface area (Å²) in [5.74, 6) is -0.494. The van der Waals surface area contributed by atoms with E-state index in [4.69, 9.17) is 5.73 Å². The Morgan fingerprint density at radius 3 is 3.00 bits per heavy atom. The second-order valence-electron chi connectivity index (χ2n) is 1.74. The number of carbonyl (C=O) groups excluding carboxylic acids is 1. The van der Waals surface area contributed by atoms with E-state index in [-0.39, 0.29) is 0 Å². The molecule has 5 nitrogen and oxygen atoms in total. The number of rotatable bonds is 2. The summed E-state index contributed by atoms with van der Waals surface area (Å²) in [7, 11) is 1.67. The predicted molar refractivity (Wildman–Crippen MR) is 36.0 cm³/mol. The van der Waals surface area contributed by atoms with Crippen LogP contribution in [0.1, 0.15) is 10.5 Å². The van der Waals surface area contributed by atoms with Gasteiger partial charge in [-0.2, -0.15) is 0 Å². The molecule has 0 saturated heterocycles. The first-order valence-corrected chi connectivity index (χ1v) is 2.75. The summed E-state index contributed by atoms with van der Waals surface area (Å²) in [6, 6.07) is 0. The summed E-state index contributed by atoms with van der Waals surface area (Å²) < 4.78 is 1.45. The lowest BCUT2D eigenvalue weighted by atomic mass is 10.5. The second-order valence-corrected chi connectivity index (χ2v) is 1.74. The van der Waals surface area contributed by atoms with Crippen LogP contribution in [0.3, 0.4) is 0 Å². The van der Waals surface area contributed by atoms with E-state index in [9.17, 15) is 4.79 Å². The van der Waals surface area contributed by atoms with Gasteiger partial charge in [-0.25, -0.2) is 9.66 Å². The molecule has 1 aromatic rings. The first-order valence-electron chi connectivity index (χ1n) is 2.75. The molecule has 3 N–H and O–H groups in total. The van der Waals surface area contributed by atoms with Crippen molar-refractivity contribution in [3.63, 3.8) is 0 Å². The molecule has 0 saturated carbocycles. The van der Waals surface area contributed by atoms with Crippen LogP contribution in [0, 0.1) is 0 Å². The fourth-order valence-corrected chi connectivity index (χ4v) is 0.656. The largest absolute Gasteiger partial charge is 0.364 e. The number of hydrogen-bond donors (Lipinski definition) is 2. The summed E-state index contributed by atoms with van der Waals surface area (Å²) in [5.41, 5.74) is 8.05. The second kappa shape index (κ2) is 2.38. The Kier molecular flexibility index (Phi) is 1.57. The molecule has 1 aromatic heterocycles. The van der Waals surface area contributed by atoms with Crippen LogP contribution in [0.2, 0.25) is 0 Å². The Balaban J connectivity index is 3.01. The maximum absolute atomic E-state index is 10.6. The minimum absolute atomic E-state index is 0.350. The number of carbonyl (C=O) groups is 1. The van der Waals surface area contributed by atoms with Crippen molar-refractivity contribution in [2.24, 2.45) is 5.73 Å². The molecule has 5 heteroatoms. The van der Waals surface area contributed by atoms with E-state index < -0.39 is 5.91 Å². The number of nitrogens with two attached hydrogens (primary N) is 1. The molecular weight excluding hydrogens is 132 g/mol. The molecule has 1 amide bonds. The maximum Gasteiger partial charge on any atom is 0.268 e. The number of imidazole rings is 1. The molecule has 0 radical (unpaired) electrons. The van der Waals surface area contributed by atoms with Crippen molar-refractivity contribution in [3.05, 3.63) is 18.2 Å². The number of nitrogens with one attached hydrogen (secondary N) is 1. The highest BCUT2D eigenvalue weighted by molar-refractivity contribution is 5.90. The third-order valence-corrected chi connectivity index (χ3v) is 1.13. The van der Waals surface area contributed by atoms with Crippen LogP contribution in [-0.2, 0) is 0 Å². The molecule has 54 valence electrons. The van der Waals surface area contributed by atoms with Gasteiger partial charge in [-0.15, -0.1) is 0 Å². The summed E-state index contributed by atoms with van der Waals surface area (Å²) in [4.78, 5) is 14.3. The first kappa shape index (κ1) is 6.60. The van der Waals surface area contributed by atoms with E-state index in [1.807, 2.05) is 0 Å². The monoisotopic (exact) mass is 140 g/mol. The van der Waals surface area contributed by atoms with Crippen molar-refractivity contribution < 1.29 is 4.79 Å². The van der Waals surface area contributed by atoms with Gasteiger partial charge in [-0.3, -0.25) is 4.79 Å². The van der Waals surface area contributed by atoms with Crippen molar-refractivity contribution in [1.29, 1.82) is 0 Å². The lowest BCUT2D eigenvalue weighted by Crippen LogP contribution is -2.20. The van der Waals surface area contributed by atoms with Crippen LogP contribution in [0.5, 0.6) is 0 Å². The minimum Gasteiger partial charge on any atom is -0.364 e. The van der Waals surface area contributed by atoms with Crippen LogP contribution in [0.25, 0.3) is 0 Å². The van der Waals surface area contributed by atoms with Crippen LogP contribution in [0.15, 0.2) is 12.5 Å². The average molecular weight is 140 g/mol. The molecule has 0 aliphatic rings. The highest BCUT2D eigenvalue weighted by Crippen LogP contribution is 1.92. The first-order chi connectivity index (χ1) is 4.75. The van der Waals surface area contributed by atoms with Crippen molar-refractivity contribution in [1.82, 2.24) is 9.66 Å². The molecule has 0 atom stereocenters. The SMILES string of the molecule is CNn1cncc1C(N)=O. The zero-order chi connectivity index (χ0) is 7.56. The standard InChI is InChI=1S/C5H8N4O/c1-7-9-3-8-2-4(9)5(6)10/h2-3,7H,1H3,(H2,6,10). The van der Waals surface area contributed by atoms with Crippen LogP contribution in [-0.4, -0.2) is 22.6 Å². The normalized spacial score (nSPS) is 9.30. The molecule has 0 aromatic carbocycles. The third kappa shape index (κ3) is 0.928. The Labute approximate surface area is 57.8 Å². The maximum atomic E-state index is 10.6. The van der Waals surface area contributed by atoms with Gasteiger partial charge < -0.3 is 11.2 Å². The van der Waals surface area contributed by atoms with Gasteiger partial charge in [-0.05, 0) is 0 Å². The molecule has 1 heterocycles. The topological polar surface area (TPSA) is 72.9 Å². The van der Waals surface area contributed by atoms with Crippen LogP contribution in [0.4, 0.5) is 0 Å². The van der Waals surface area contributed by atoms with Crippen LogP contribution >= 0.6 is 0 Å². The number of primary amides is 1. The van der Waals surface area contributed by atoms with E-state index in [0.29, 0.717) is 5.69 Å². The molecule has 0 spiro atoms. The van der Waals surface area contributed by atoms with Crippen molar-refractivity contribution in [2.45, 2.75) is 0 Å². The fraction of sp³-hybridized carbons (Fsp3) is 0.200. The highest BCUT2D eigenvalue weighted by atomic mass is 16.1. The number of nitrogens with zero attached hydrogens (tertiary/aromatic N) is 2. The molecule has 0 bridgehead atoms. The van der Waals surface area contributed by atoms with Gasteiger partial charge in [0, 0.05) is 7.05 Å². The van der Waals surface area contributed by atoms with Gasteiger partial charge in [0.2, 0.25) is 0 Å². The van der Waals surface area contributed by atoms with Gasteiger partial charge >= 0.3 is 0 Å². The Hall–Kier alpha value is -1.52. The Morgan fingerprint density at radius 1 is 1.90 bits per heavy atom. The zero-order valence-electron chi connectivity index (χ0n) is 5.53. The summed E-state index contributed by atoms with van der Waals surface area (Å²) in [6.45, 7) is 0. The molecular formula is C5H8N4O. The van der Waals surface area contributed by atoms with Crippen molar-refractivity contribution >= 4 is 5.91 Å². The summed E-state index contributed by atoms with van der Waals surface area (Å²) in [6.07, 6.45) is 2.87. The average Bonchev–Trinajstić information content (AvgIpc) is 2.33. The predicted octanol–water partition coefficient (Wildman–Crippen LogP) is -0.845. The van der Waals surface area contributed by atoms with Gasteiger partial charge in [0.05, 0.1) is 6.20 Å². The van der Waals surface area contributed by atoms with E-state index in [1.54, 1.807) is 7.05 Å². The smallest absolute Gasteiger partial charge is 0.268 e. The molecule has 0 aliphatic heterocycles. The van der Waals surface area contributed by atoms with Gasteiger partial charge in [-0.1, -0.05) is 0 Å². The number of aromatic nitrogens is 2. The quantitative estimate of drug-likeness (QED) is 0.562. The molecule has 10 heavy (non-hydrogen) atoms. The van der Waals surface area contributed by atoms with Gasteiger partial charge in [0.15, 0.2) is 0 Å². The van der Waals surface area contributed by atoms with Crippen molar-refractivity contribution in [3.8, 4) is 0 Å².